The zero-order chi connectivity index (χ0) is 11.5. The Labute approximate surface area is 97.6 Å². The Hall–Kier alpha value is -0.800. The van der Waals surface area contributed by atoms with Crippen LogP contribution in [-0.2, 0) is 0 Å². The Balaban J connectivity index is 2.15. The topological polar surface area (TPSA) is 42.4 Å². The van der Waals surface area contributed by atoms with Gasteiger partial charge in [0.15, 0.2) is 0 Å². The number of hydrogen-bond acceptors (Lipinski definition) is 3. The first-order chi connectivity index (χ1) is 7.74. The highest BCUT2D eigenvalue weighted by atomic mass is 16.3. The monoisotopic (exact) mass is 222 g/mol. The maximum Gasteiger partial charge on any atom is 0.0950 e. The summed E-state index contributed by atoms with van der Waals surface area (Å²) in [7, 11) is 0. The molecular formula is C13H22N2O. The zero-order valence-corrected chi connectivity index (χ0v) is 10.2. The molecule has 0 radical (unpaired) electrons. The molecule has 2 unspecified atom stereocenters. The fourth-order valence-corrected chi connectivity index (χ4v) is 2.85. The van der Waals surface area contributed by atoms with Gasteiger partial charge in [0.05, 0.1) is 18.6 Å². The smallest absolute Gasteiger partial charge is 0.0950 e. The summed E-state index contributed by atoms with van der Waals surface area (Å²) in [5.41, 5.74) is 7.14. The first-order valence-electron chi connectivity index (χ1n) is 6.22. The minimum Gasteiger partial charge on any atom is -0.472 e. The Morgan fingerprint density at radius 1 is 1.56 bits per heavy atom. The van der Waals surface area contributed by atoms with Crippen LogP contribution in [0.25, 0.3) is 0 Å². The normalized spacial score (nSPS) is 24.1. The van der Waals surface area contributed by atoms with Crippen molar-refractivity contribution in [3.8, 4) is 0 Å². The van der Waals surface area contributed by atoms with Gasteiger partial charge in [-0.2, -0.15) is 0 Å². The van der Waals surface area contributed by atoms with Crippen LogP contribution >= 0.6 is 0 Å². The van der Waals surface area contributed by atoms with Gasteiger partial charge in [0.1, 0.15) is 0 Å². The van der Waals surface area contributed by atoms with Crippen LogP contribution in [0.15, 0.2) is 23.0 Å². The molecule has 2 rings (SSSR count). The fourth-order valence-electron chi connectivity index (χ4n) is 2.85. The minimum absolute atomic E-state index is 0.327. The van der Waals surface area contributed by atoms with E-state index in [9.17, 15) is 0 Å². The average molecular weight is 222 g/mol. The number of likely N-dealkylation sites (tertiary alicyclic amines) is 1. The molecule has 2 N–H and O–H groups in total. The lowest BCUT2D eigenvalue weighted by Crippen LogP contribution is -2.39. The second kappa shape index (κ2) is 5.02. The lowest BCUT2D eigenvalue weighted by Gasteiger charge is -2.34. The summed E-state index contributed by atoms with van der Waals surface area (Å²) < 4.78 is 5.17. The van der Waals surface area contributed by atoms with Crippen molar-refractivity contribution in [1.82, 2.24) is 4.90 Å². The van der Waals surface area contributed by atoms with E-state index in [4.69, 9.17) is 10.2 Å². The lowest BCUT2D eigenvalue weighted by molar-refractivity contribution is 0.149. The molecular weight excluding hydrogens is 200 g/mol. The molecule has 1 aromatic rings. The van der Waals surface area contributed by atoms with Crippen molar-refractivity contribution in [3.05, 3.63) is 24.2 Å². The van der Waals surface area contributed by atoms with Gasteiger partial charge in [-0.1, -0.05) is 13.8 Å². The van der Waals surface area contributed by atoms with E-state index in [1.165, 1.54) is 18.4 Å². The van der Waals surface area contributed by atoms with Crippen molar-refractivity contribution in [2.24, 2.45) is 11.7 Å². The van der Waals surface area contributed by atoms with Crippen molar-refractivity contribution in [3.63, 3.8) is 0 Å². The maximum absolute atomic E-state index is 5.92. The van der Waals surface area contributed by atoms with E-state index in [1.807, 2.05) is 12.3 Å². The highest BCUT2D eigenvalue weighted by Gasteiger charge is 2.32. The van der Waals surface area contributed by atoms with Crippen LogP contribution in [0.2, 0.25) is 0 Å². The Morgan fingerprint density at radius 2 is 2.38 bits per heavy atom. The van der Waals surface area contributed by atoms with Crippen molar-refractivity contribution in [1.29, 1.82) is 0 Å². The van der Waals surface area contributed by atoms with Crippen molar-refractivity contribution in [2.45, 2.75) is 38.8 Å². The second-order valence-corrected chi connectivity index (χ2v) is 5.00. The van der Waals surface area contributed by atoms with Crippen LogP contribution < -0.4 is 5.73 Å². The standard InChI is InChI=1S/C13H22N2O/c1-10(2)12-4-3-6-15(12)13(8-14)11-5-7-16-9-11/h5,7,9-10,12-13H,3-4,6,8,14H2,1-2H3. The lowest BCUT2D eigenvalue weighted by atomic mass is 9.99. The Kier molecular flexibility index (Phi) is 3.66. The largest absolute Gasteiger partial charge is 0.472 e. The van der Waals surface area contributed by atoms with Gasteiger partial charge in [-0.25, -0.2) is 0 Å². The van der Waals surface area contributed by atoms with Gasteiger partial charge >= 0.3 is 0 Å². The van der Waals surface area contributed by atoms with E-state index in [2.05, 4.69) is 18.7 Å². The van der Waals surface area contributed by atoms with E-state index in [0.29, 0.717) is 24.5 Å². The zero-order valence-electron chi connectivity index (χ0n) is 10.2. The van der Waals surface area contributed by atoms with Gasteiger partial charge in [0, 0.05) is 18.2 Å². The summed E-state index contributed by atoms with van der Waals surface area (Å²) >= 11 is 0. The molecule has 1 aliphatic rings. The Morgan fingerprint density at radius 3 is 2.94 bits per heavy atom. The number of hydrogen-bond donors (Lipinski definition) is 1. The van der Waals surface area contributed by atoms with Crippen LogP contribution in [0.1, 0.15) is 38.3 Å². The summed E-state index contributed by atoms with van der Waals surface area (Å²) in [6.07, 6.45) is 6.15. The number of furan rings is 1. The molecule has 1 fully saturated rings. The summed E-state index contributed by atoms with van der Waals surface area (Å²) in [5, 5.41) is 0. The van der Waals surface area contributed by atoms with E-state index in [0.717, 1.165) is 6.54 Å². The second-order valence-electron chi connectivity index (χ2n) is 5.00. The molecule has 1 aromatic heterocycles. The molecule has 90 valence electrons. The first-order valence-corrected chi connectivity index (χ1v) is 6.22. The number of nitrogens with zero attached hydrogens (tertiary/aromatic N) is 1. The third-order valence-electron chi connectivity index (χ3n) is 3.66. The van der Waals surface area contributed by atoms with Gasteiger partial charge in [-0.3, -0.25) is 4.90 Å². The van der Waals surface area contributed by atoms with Crippen molar-refractivity contribution >= 4 is 0 Å². The van der Waals surface area contributed by atoms with Crippen LogP contribution in [0.3, 0.4) is 0 Å². The number of rotatable bonds is 4. The molecule has 1 aliphatic heterocycles. The SMILES string of the molecule is CC(C)C1CCCN1C(CN)c1ccoc1. The minimum atomic E-state index is 0.327. The molecule has 0 aliphatic carbocycles. The summed E-state index contributed by atoms with van der Waals surface area (Å²) in [6, 6.07) is 3.03. The van der Waals surface area contributed by atoms with Crippen molar-refractivity contribution < 1.29 is 4.42 Å². The molecule has 16 heavy (non-hydrogen) atoms. The molecule has 0 amide bonds. The van der Waals surface area contributed by atoms with Crippen LogP contribution in [0, 0.1) is 5.92 Å². The molecule has 0 bridgehead atoms. The van der Waals surface area contributed by atoms with E-state index in [1.54, 1.807) is 6.26 Å². The molecule has 0 saturated carbocycles. The van der Waals surface area contributed by atoms with Crippen LogP contribution in [-0.4, -0.2) is 24.0 Å². The van der Waals surface area contributed by atoms with E-state index in [-0.39, 0.29) is 0 Å². The van der Waals surface area contributed by atoms with Gasteiger partial charge < -0.3 is 10.2 Å². The molecule has 3 heteroatoms. The fraction of sp³-hybridized carbons (Fsp3) is 0.692. The number of nitrogens with two attached hydrogens (primary N) is 1. The summed E-state index contributed by atoms with van der Waals surface area (Å²) in [5.74, 6) is 0.698. The molecule has 3 nitrogen and oxygen atoms in total. The van der Waals surface area contributed by atoms with Gasteiger partial charge in [0.2, 0.25) is 0 Å². The van der Waals surface area contributed by atoms with Crippen LogP contribution in [0.5, 0.6) is 0 Å². The quantitative estimate of drug-likeness (QED) is 0.850. The predicted molar refractivity (Wildman–Crippen MR) is 65.1 cm³/mol. The van der Waals surface area contributed by atoms with Crippen LogP contribution in [0.4, 0.5) is 0 Å². The average Bonchev–Trinajstić information content (AvgIpc) is 2.88. The molecule has 1 saturated heterocycles. The summed E-state index contributed by atoms with van der Waals surface area (Å²) in [6.45, 7) is 6.43. The highest BCUT2D eigenvalue weighted by molar-refractivity contribution is 5.13. The molecule has 2 atom stereocenters. The predicted octanol–water partition coefficient (Wildman–Crippen LogP) is 2.40. The Bertz CT molecular complexity index is 308. The van der Waals surface area contributed by atoms with E-state index < -0.39 is 0 Å². The molecule has 2 heterocycles. The van der Waals surface area contributed by atoms with Gasteiger partial charge in [-0.15, -0.1) is 0 Å². The highest BCUT2D eigenvalue weighted by Crippen LogP contribution is 2.32. The van der Waals surface area contributed by atoms with Gasteiger partial charge in [0.25, 0.3) is 0 Å². The first kappa shape index (κ1) is 11.7. The van der Waals surface area contributed by atoms with Crippen molar-refractivity contribution in [2.75, 3.05) is 13.1 Å². The molecule has 0 spiro atoms. The van der Waals surface area contributed by atoms with Gasteiger partial charge in [-0.05, 0) is 31.4 Å². The summed E-state index contributed by atoms with van der Waals surface area (Å²) in [4.78, 5) is 2.55. The van der Waals surface area contributed by atoms with E-state index >= 15 is 0 Å². The maximum atomic E-state index is 5.92. The third-order valence-corrected chi connectivity index (χ3v) is 3.66. The molecule has 0 aromatic carbocycles. The third kappa shape index (κ3) is 2.15.